The molecule has 4 heteroatoms. The minimum absolute atomic E-state index is 0.495. The molecule has 10 heavy (non-hydrogen) atoms. The predicted molar refractivity (Wildman–Crippen MR) is 48.7 cm³/mol. The van der Waals surface area contributed by atoms with Gasteiger partial charge in [-0.3, -0.25) is 0 Å². The van der Waals surface area contributed by atoms with Gasteiger partial charge in [0.25, 0.3) is 0 Å². The highest BCUT2D eigenvalue weighted by Gasteiger charge is 2.22. The molecule has 0 rings (SSSR count). The molecule has 0 aliphatic rings. The van der Waals surface area contributed by atoms with Crippen molar-refractivity contribution in [1.82, 2.24) is 0 Å². The maximum Gasteiger partial charge on any atom is 0.201 e. The van der Waals surface area contributed by atoms with Crippen molar-refractivity contribution in [1.29, 1.82) is 0 Å². The zero-order valence-corrected chi connectivity index (χ0v) is 9.37. The molecule has 0 saturated heterocycles. The number of alkyl halides is 2. The van der Waals surface area contributed by atoms with Gasteiger partial charge in [0.2, 0.25) is 3.42 Å². The summed E-state index contributed by atoms with van der Waals surface area (Å²) in [6, 6.07) is 0. The van der Waals surface area contributed by atoms with Gasteiger partial charge in [-0.2, -0.15) is 0 Å². The topological polar surface area (TPSA) is 18.5 Å². The lowest BCUT2D eigenvalue weighted by atomic mass is 10.7. The lowest BCUT2D eigenvalue weighted by Crippen LogP contribution is -2.23. The molecule has 0 bridgehead atoms. The Morgan fingerprint density at radius 3 is 2.20 bits per heavy atom. The highest BCUT2D eigenvalue weighted by Crippen LogP contribution is 2.27. The molecule has 0 N–H and O–H groups in total. The second-order valence-electron chi connectivity index (χ2n) is 1.71. The van der Waals surface area contributed by atoms with Crippen LogP contribution < -0.4 is 0 Å². The Morgan fingerprint density at radius 2 is 1.80 bits per heavy atom. The number of rotatable bonds is 5. The average molecular weight is 276 g/mol. The molecule has 0 aliphatic heterocycles. The van der Waals surface area contributed by atoms with Crippen LogP contribution in [0.4, 0.5) is 0 Å². The zero-order valence-electron chi connectivity index (χ0n) is 6.19. The highest BCUT2D eigenvalue weighted by atomic mass is 79.9. The Hall–Kier alpha value is 0.880. The summed E-state index contributed by atoms with van der Waals surface area (Å²) in [6.07, 6.45) is 0. The second kappa shape index (κ2) is 5.52. The molecule has 0 fully saturated rings. The van der Waals surface area contributed by atoms with E-state index in [4.69, 9.17) is 9.47 Å². The first-order chi connectivity index (χ1) is 4.62. The first-order valence-corrected chi connectivity index (χ1v) is 4.80. The highest BCUT2D eigenvalue weighted by molar-refractivity contribution is 9.25. The molecule has 0 saturated carbocycles. The second-order valence-corrected chi connectivity index (χ2v) is 5.33. The van der Waals surface area contributed by atoms with Crippen LogP contribution in [0, 0.1) is 0 Å². The van der Waals surface area contributed by atoms with E-state index in [1.165, 1.54) is 0 Å². The van der Waals surface area contributed by atoms with Crippen LogP contribution in [0.25, 0.3) is 0 Å². The SMILES string of the molecule is CCOCC(Br)(Br)OCC. The summed E-state index contributed by atoms with van der Waals surface area (Å²) in [5.74, 6) is 0. The molecule has 0 atom stereocenters. The molecular weight excluding hydrogens is 264 g/mol. The Labute approximate surface area is 78.5 Å². The van der Waals surface area contributed by atoms with Gasteiger partial charge < -0.3 is 9.47 Å². The van der Waals surface area contributed by atoms with Crippen molar-refractivity contribution < 1.29 is 9.47 Å². The number of halogens is 2. The molecule has 0 aliphatic carbocycles. The van der Waals surface area contributed by atoms with E-state index >= 15 is 0 Å². The van der Waals surface area contributed by atoms with Crippen LogP contribution in [-0.2, 0) is 9.47 Å². The van der Waals surface area contributed by atoms with Crippen LogP contribution in [0.1, 0.15) is 13.8 Å². The summed E-state index contributed by atoms with van der Waals surface area (Å²) >= 11 is 6.63. The van der Waals surface area contributed by atoms with Gasteiger partial charge in [-0.15, -0.1) is 0 Å². The molecule has 0 aromatic carbocycles. The maximum atomic E-state index is 5.24. The Bertz CT molecular complexity index is 85.8. The maximum absolute atomic E-state index is 5.24. The van der Waals surface area contributed by atoms with Crippen LogP contribution in [-0.4, -0.2) is 23.2 Å². The van der Waals surface area contributed by atoms with E-state index in [0.717, 1.165) is 0 Å². The lowest BCUT2D eigenvalue weighted by Gasteiger charge is -2.19. The van der Waals surface area contributed by atoms with Crippen molar-refractivity contribution in [2.45, 2.75) is 17.3 Å². The minimum Gasteiger partial charge on any atom is -0.377 e. The van der Waals surface area contributed by atoms with E-state index < -0.39 is 3.42 Å². The van der Waals surface area contributed by atoms with Gasteiger partial charge >= 0.3 is 0 Å². The molecule has 0 aromatic rings. The van der Waals surface area contributed by atoms with Gasteiger partial charge in [0, 0.05) is 13.2 Å². The van der Waals surface area contributed by atoms with Crippen molar-refractivity contribution in [3.63, 3.8) is 0 Å². The zero-order chi connectivity index (χ0) is 8.04. The van der Waals surface area contributed by atoms with E-state index in [2.05, 4.69) is 31.9 Å². The molecule has 0 unspecified atom stereocenters. The van der Waals surface area contributed by atoms with E-state index in [9.17, 15) is 0 Å². The number of ether oxygens (including phenoxy) is 2. The summed E-state index contributed by atoms with van der Waals surface area (Å²) in [5, 5.41) is 0. The third-order valence-electron chi connectivity index (χ3n) is 0.830. The smallest absolute Gasteiger partial charge is 0.201 e. The van der Waals surface area contributed by atoms with E-state index in [0.29, 0.717) is 19.8 Å². The Kier molecular flexibility index (Phi) is 6.01. The van der Waals surface area contributed by atoms with Crippen molar-refractivity contribution in [2.75, 3.05) is 19.8 Å². The minimum atomic E-state index is -0.495. The largest absolute Gasteiger partial charge is 0.377 e. The van der Waals surface area contributed by atoms with Crippen molar-refractivity contribution in [3.8, 4) is 0 Å². The van der Waals surface area contributed by atoms with E-state index in [-0.39, 0.29) is 0 Å². The molecule has 0 amide bonds. The molecule has 62 valence electrons. The third kappa shape index (κ3) is 5.65. The van der Waals surface area contributed by atoms with E-state index in [1.807, 2.05) is 13.8 Å². The molecule has 0 radical (unpaired) electrons. The van der Waals surface area contributed by atoms with Gasteiger partial charge in [-0.1, -0.05) is 0 Å². The van der Waals surface area contributed by atoms with Gasteiger partial charge in [-0.25, -0.2) is 0 Å². The van der Waals surface area contributed by atoms with Crippen molar-refractivity contribution >= 4 is 31.9 Å². The van der Waals surface area contributed by atoms with Crippen LogP contribution in [0.5, 0.6) is 0 Å². The summed E-state index contributed by atoms with van der Waals surface area (Å²) < 4.78 is 9.88. The first kappa shape index (κ1) is 10.9. The fourth-order valence-electron chi connectivity index (χ4n) is 0.474. The third-order valence-corrected chi connectivity index (χ3v) is 1.75. The molecule has 0 spiro atoms. The fraction of sp³-hybridized carbons (Fsp3) is 1.00. The summed E-state index contributed by atoms with van der Waals surface area (Å²) in [4.78, 5) is 0. The average Bonchev–Trinajstić information content (AvgIpc) is 1.84. The molecular formula is C6H12Br2O2. The van der Waals surface area contributed by atoms with Crippen LogP contribution in [0.3, 0.4) is 0 Å². The predicted octanol–water partition coefficient (Wildman–Crippen LogP) is 2.50. The lowest BCUT2D eigenvalue weighted by molar-refractivity contribution is 0.0280. The Morgan fingerprint density at radius 1 is 1.20 bits per heavy atom. The van der Waals surface area contributed by atoms with Crippen molar-refractivity contribution in [2.24, 2.45) is 0 Å². The summed E-state index contributed by atoms with van der Waals surface area (Å²) in [5.41, 5.74) is 0. The normalized spacial score (nSPS) is 12.0. The first-order valence-electron chi connectivity index (χ1n) is 3.22. The van der Waals surface area contributed by atoms with Crippen molar-refractivity contribution in [3.05, 3.63) is 0 Å². The standard InChI is InChI=1S/C6H12Br2O2/c1-3-9-5-6(7,8)10-4-2/h3-5H2,1-2H3. The summed E-state index contributed by atoms with van der Waals surface area (Å²) in [6.45, 7) is 5.75. The molecule has 2 nitrogen and oxygen atoms in total. The van der Waals surface area contributed by atoms with Gasteiger partial charge in [0.05, 0.1) is 6.61 Å². The molecule has 0 heterocycles. The van der Waals surface area contributed by atoms with Gasteiger partial charge in [0.1, 0.15) is 0 Å². The van der Waals surface area contributed by atoms with Gasteiger partial charge in [0.15, 0.2) is 0 Å². The van der Waals surface area contributed by atoms with Crippen LogP contribution >= 0.6 is 31.9 Å². The fourth-order valence-corrected chi connectivity index (χ4v) is 1.26. The van der Waals surface area contributed by atoms with Crippen LogP contribution in [0.2, 0.25) is 0 Å². The Balaban J connectivity index is 3.42. The van der Waals surface area contributed by atoms with Gasteiger partial charge in [-0.05, 0) is 45.7 Å². The monoisotopic (exact) mass is 274 g/mol. The number of hydrogen-bond acceptors (Lipinski definition) is 2. The number of hydrogen-bond donors (Lipinski definition) is 0. The van der Waals surface area contributed by atoms with Crippen LogP contribution in [0.15, 0.2) is 0 Å². The van der Waals surface area contributed by atoms with E-state index in [1.54, 1.807) is 0 Å². The summed E-state index contributed by atoms with van der Waals surface area (Å²) in [7, 11) is 0. The molecule has 0 aromatic heterocycles. The quantitative estimate of drug-likeness (QED) is 0.718.